The molecule has 1 saturated heterocycles. The molecular weight excluding hydrogens is 367 g/mol. The minimum atomic E-state index is -0.358. The molecule has 1 fully saturated rings. The van der Waals surface area contributed by atoms with Gasteiger partial charge in [-0.15, -0.1) is 10.2 Å². The first-order valence-electron chi connectivity index (χ1n) is 8.36. The number of hydrogen-bond acceptors (Lipinski definition) is 5. The molecule has 3 aromatic rings. The summed E-state index contributed by atoms with van der Waals surface area (Å²) in [5.41, 5.74) is 1.42. The number of halogens is 1. The lowest BCUT2D eigenvalue weighted by Gasteiger charge is -2.12. The van der Waals surface area contributed by atoms with Crippen molar-refractivity contribution in [2.24, 2.45) is 0 Å². The number of urea groups is 1. The van der Waals surface area contributed by atoms with Crippen LogP contribution in [-0.2, 0) is 4.79 Å². The minimum Gasteiger partial charge on any atom is -0.336 e. The molecule has 3 amide bonds. The molecule has 0 bridgehead atoms. The Hall–Kier alpha value is -3.00. The third-order valence-corrected chi connectivity index (χ3v) is 5.23. The van der Waals surface area contributed by atoms with Crippen LogP contribution in [0, 0.1) is 5.82 Å². The summed E-state index contributed by atoms with van der Waals surface area (Å²) in [4.78, 5) is 25.0. The van der Waals surface area contributed by atoms with Crippen LogP contribution in [-0.4, -0.2) is 45.9 Å². The summed E-state index contributed by atoms with van der Waals surface area (Å²) in [6.07, 6.45) is 0. The van der Waals surface area contributed by atoms with Crippen molar-refractivity contribution < 1.29 is 14.0 Å². The van der Waals surface area contributed by atoms with Crippen LogP contribution in [0.4, 0.5) is 9.18 Å². The number of carbonyl (C=O) groups is 2. The third-order valence-electron chi connectivity index (χ3n) is 4.26. The number of thioether (sulfide) groups is 1. The van der Waals surface area contributed by atoms with E-state index >= 15 is 0 Å². The molecule has 6 nitrogen and oxygen atoms in total. The van der Waals surface area contributed by atoms with Crippen LogP contribution in [0.5, 0.6) is 0 Å². The number of nitrogens with one attached hydrogen (secondary N) is 1. The Kier molecular flexibility index (Phi) is 4.72. The zero-order chi connectivity index (χ0) is 18.8. The van der Waals surface area contributed by atoms with Crippen molar-refractivity contribution in [1.82, 2.24) is 20.4 Å². The number of aromatic nitrogens is 2. The predicted octanol–water partition coefficient (Wildman–Crippen LogP) is 3.08. The average molecular weight is 382 g/mol. The van der Waals surface area contributed by atoms with E-state index in [0.717, 1.165) is 16.3 Å². The molecule has 136 valence electrons. The van der Waals surface area contributed by atoms with E-state index in [1.54, 1.807) is 12.1 Å². The first kappa shape index (κ1) is 17.4. The van der Waals surface area contributed by atoms with E-state index in [-0.39, 0.29) is 23.5 Å². The molecule has 4 rings (SSSR count). The van der Waals surface area contributed by atoms with Gasteiger partial charge in [0.25, 0.3) is 0 Å². The zero-order valence-electron chi connectivity index (χ0n) is 14.2. The summed E-state index contributed by atoms with van der Waals surface area (Å²) >= 11 is 1.25. The third kappa shape index (κ3) is 3.48. The van der Waals surface area contributed by atoms with Gasteiger partial charge in [0.05, 0.1) is 5.75 Å². The quantitative estimate of drug-likeness (QED) is 0.702. The Morgan fingerprint density at radius 1 is 1.11 bits per heavy atom. The summed E-state index contributed by atoms with van der Waals surface area (Å²) in [7, 11) is 0. The van der Waals surface area contributed by atoms with E-state index in [2.05, 4.69) is 15.5 Å². The molecule has 8 heteroatoms. The monoisotopic (exact) mass is 382 g/mol. The van der Waals surface area contributed by atoms with Crippen LogP contribution < -0.4 is 5.32 Å². The summed E-state index contributed by atoms with van der Waals surface area (Å²) < 4.78 is 13.2. The number of rotatable bonds is 4. The number of imide groups is 1. The highest BCUT2D eigenvalue weighted by molar-refractivity contribution is 8.00. The van der Waals surface area contributed by atoms with Crippen molar-refractivity contribution in [2.45, 2.75) is 5.03 Å². The SMILES string of the molecule is O=C(CSc1nnc(-c2ccc(F)cc2)c2ccccc12)N1CCNC1=O. The summed E-state index contributed by atoms with van der Waals surface area (Å²) in [5, 5.41) is 13.5. The molecule has 0 atom stereocenters. The molecule has 0 unspecified atom stereocenters. The van der Waals surface area contributed by atoms with Crippen LogP contribution in [0.3, 0.4) is 0 Å². The first-order chi connectivity index (χ1) is 13.1. The van der Waals surface area contributed by atoms with E-state index in [1.807, 2.05) is 24.3 Å². The minimum absolute atomic E-state index is 0.0992. The Labute approximate surface area is 158 Å². The zero-order valence-corrected chi connectivity index (χ0v) is 15.0. The summed E-state index contributed by atoms with van der Waals surface area (Å²) in [6, 6.07) is 13.3. The van der Waals surface area contributed by atoms with Crippen LogP contribution >= 0.6 is 11.8 Å². The van der Waals surface area contributed by atoms with E-state index in [1.165, 1.54) is 28.8 Å². The second kappa shape index (κ2) is 7.32. The Balaban J connectivity index is 1.63. The van der Waals surface area contributed by atoms with Gasteiger partial charge in [0.15, 0.2) is 0 Å². The van der Waals surface area contributed by atoms with Gasteiger partial charge in [-0.2, -0.15) is 0 Å². The molecule has 0 saturated carbocycles. The molecule has 2 heterocycles. The van der Waals surface area contributed by atoms with E-state index < -0.39 is 0 Å². The van der Waals surface area contributed by atoms with Crippen molar-refractivity contribution in [3.63, 3.8) is 0 Å². The lowest BCUT2D eigenvalue weighted by atomic mass is 10.1. The van der Waals surface area contributed by atoms with E-state index in [9.17, 15) is 14.0 Å². The maximum atomic E-state index is 13.2. The number of carbonyl (C=O) groups excluding carboxylic acids is 2. The smallest absolute Gasteiger partial charge is 0.324 e. The van der Waals surface area contributed by atoms with Gasteiger partial charge in [-0.05, 0) is 24.3 Å². The van der Waals surface area contributed by atoms with Crippen molar-refractivity contribution in [1.29, 1.82) is 0 Å². The van der Waals surface area contributed by atoms with Crippen LogP contribution in [0.2, 0.25) is 0 Å². The van der Waals surface area contributed by atoms with Gasteiger partial charge in [0.1, 0.15) is 16.5 Å². The predicted molar refractivity (Wildman–Crippen MR) is 101 cm³/mol. The fourth-order valence-corrected chi connectivity index (χ4v) is 3.77. The van der Waals surface area contributed by atoms with Crippen molar-refractivity contribution >= 4 is 34.5 Å². The molecule has 2 aromatic carbocycles. The normalized spacial score (nSPS) is 13.8. The summed E-state index contributed by atoms with van der Waals surface area (Å²) in [6.45, 7) is 0.860. The van der Waals surface area contributed by atoms with Crippen LogP contribution in [0.25, 0.3) is 22.0 Å². The molecule has 1 aromatic heterocycles. The second-order valence-electron chi connectivity index (χ2n) is 5.97. The van der Waals surface area contributed by atoms with E-state index in [0.29, 0.717) is 23.8 Å². The Bertz CT molecular complexity index is 1030. The first-order valence-corrected chi connectivity index (χ1v) is 9.34. The lowest BCUT2D eigenvalue weighted by Crippen LogP contribution is -2.35. The van der Waals surface area contributed by atoms with Crippen molar-refractivity contribution in [3.8, 4) is 11.3 Å². The number of benzene rings is 2. The molecule has 1 aliphatic rings. The Morgan fingerprint density at radius 3 is 2.56 bits per heavy atom. The second-order valence-corrected chi connectivity index (χ2v) is 6.94. The van der Waals surface area contributed by atoms with Gasteiger partial charge in [-0.1, -0.05) is 36.0 Å². The fraction of sp³-hybridized carbons (Fsp3) is 0.158. The number of hydrogen-bond donors (Lipinski definition) is 1. The van der Waals surface area contributed by atoms with Gasteiger partial charge < -0.3 is 5.32 Å². The number of fused-ring (bicyclic) bond motifs is 1. The van der Waals surface area contributed by atoms with Crippen molar-refractivity contribution in [2.75, 3.05) is 18.8 Å². The number of nitrogens with zero attached hydrogens (tertiary/aromatic N) is 3. The highest BCUT2D eigenvalue weighted by Gasteiger charge is 2.26. The van der Waals surface area contributed by atoms with E-state index in [4.69, 9.17) is 0 Å². The molecule has 1 aliphatic heterocycles. The maximum Gasteiger partial charge on any atom is 0.324 e. The van der Waals surface area contributed by atoms with Gasteiger partial charge >= 0.3 is 6.03 Å². The van der Waals surface area contributed by atoms with Crippen LogP contribution in [0.15, 0.2) is 53.6 Å². The van der Waals surface area contributed by atoms with Gasteiger partial charge in [-0.3, -0.25) is 9.69 Å². The molecule has 1 N–H and O–H groups in total. The lowest BCUT2D eigenvalue weighted by molar-refractivity contribution is -0.124. The highest BCUT2D eigenvalue weighted by Crippen LogP contribution is 2.31. The van der Waals surface area contributed by atoms with Gasteiger partial charge in [0.2, 0.25) is 5.91 Å². The molecule has 27 heavy (non-hydrogen) atoms. The topological polar surface area (TPSA) is 75.2 Å². The fourth-order valence-electron chi connectivity index (χ4n) is 2.92. The molecule has 0 radical (unpaired) electrons. The maximum absolute atomic E-state index is 13.2. The summed E-state index contributed by atoms with van der Waals surface area (Å²) in [5.74, 6) is -0.474. The van der Waals surface area contributed by atoms with Crippen LogP contribution in [0.1, 0.15) is 0 Å². The van der Waals surface area contributed by atoms with Crippen molar-refractivity contribution in [3.05, 3.63) is 54.3 Å². The average Bonchev–Trinajstić information content (AvgIpc) is 3.12. The molecular formula is C19H15FN4O2S. The largest absolute Gasteiger partial charge is 0.336 e. The Morgan fingerprint density at radius 2 is 1.85 bits per heavy atom. The standard InChI is InChI=1S/C19H15FN4O2S/c20-13-7-5-12(6-8-13)17-14-3-1-2-4-15(14)18(23-22-17)27-11-16(25)24-10-9-21-19(24)26/h1-8H,9-11H2,(H,21,26). The van der Waals surface area contributed by atoms with Gasteiger partial charge in [-0.25, -0.2) is 9.18 Å². The highest BCUT2D eigenvalue weighted by atomic mass is 32.2. The molecule has 0 spiro atoms. The molecule has 0 aliphatic carbocycles. The van der Waals surface area contributed by atoms with Gasteiger partial charge in [0, 0.05) is 29.4 Å². The number of amides is 3.